The number of amides is 2. The van der Waals surface area contributed by atoms with Crippen LogP contribution in [0.5, 0.6) is 0 Å². The lowest BCUT2D eigenvalue weighted by atomic mass is 10.2. The molecule has 5 heteroatoms. The molecule has 0 bridgehead atoms. The molecule has 1 unspecified atom stereocenters. The molecule has 1 aromatic rings. The molecule has 0 aliphatic carbocycles. The van der Waals surface area contributed by atoms with Gasteiger partial charge in [-0.05, 0) is 50.4 Å². The van der Waals surface area contributed by atoms with E-state index < -0.39 is 0 Å². The van der Waals surface area contributed by atoms with E-state index in [1.54, 1.807) is 0 Å². The van der Waals surface area contributed by atoms with Crippen LogP contribution in [-0.4, -0.2) is 48.1 Å². The Kier molecular flexibility index (Phi) is 4.36. The van der Waals surface area contributed by atoms with Gasteiger partial charge in [-0.1, -0.05) is 17.7 Å². The van der Waals surface area contributed by atoms with Crippen LogP contribution < -0.4 is 5.32 Å². The third-order valence-corrected chi connectivity index (χ3v) is 4.78. The van der Waals surface area contributed by atoms with E-state index in [9.17, 15) is 4.79 Å². The quantitative estimate of drug-likeness (QED) is 0.863. The fraction of sp³-hybridized carbons (Fsp3) is 0.562. The van der Waals surface area contributed by atoms with Crippen LogP contribution in [-0.2, 0) is 0 Å². The number of hydrogen-bond acceptors (Lipinski definition) is 2. The lowest BCUT2D eigenvalue weighted by Crippen LogP contribution is -2.41. The fourth-order valence-corrected chi connectivity index (χ4v) is 3.49. The van der Waals surface area contributed by atoms with E-state index >= 15 is 0 Å². The number of carbonyl (C=O) groups is 1. The van der Waals surface area contributed by atoms with Crippen molar-refractivity contribution >= 4 is 23.3 Å². The van der Waals surface area contributed by atoms with Crippen molar-refractivity contribution in [1.29, 1.82) is 0 Å². The first-order valence-corrected chi connectivity index (χ1v) is 8.07. The highest BCUT2D eigenvalue weighted by Crippen LogP contribution is 2.25. The van der Waals surface area contributed by atoms with Crippen molar-refractivity contribution in [3.8, 4) is 0 Å². The molecule has 0 saturated carbocycles. The van der Waals surface area contributed by atoms with Crippen molar-refractivity contribution in [2.45, 2.75) is 32.2 Å². The minimum Gasteiger partial charge on any atom is -0.323 e. The van der Waals surface area contributed by atoms with Crippen molar-refractivity contribution in [1.82, 2.24) is 9.80 Å². The molecule has 0 radical (unpaired) electrons. The first-order chi connectivity index (χ1) is 10.1. The van der Waals surface area contributed by atoms with Gasteiger partial charge in [0.2, 0.25) is 0 Å². The smallest absolute Gasteiger partial charge is 0.321 e. The average Bonchev–Trinajstić information content (AvgIpc) is 2.80. The summed E-state index contributed by atoms with van der Waals surface area (Å²) in [5.41, 5.74) is 1.79. The topological polar surface area (TPSA) is 35.6 Å². The van der Waals surface area contributed by atoms with E-state index in [2.05, 4.69) is 10.2 Å². The maximum Gasteiger partial charge on any atom is 0.321 e. The molecule has 3 rings (SSSR count). The van der Waals surface area contributed by atoms with E-state index in [-0.39, 0.29) is 6.03 Å². The van der Waals surface area contributed by atoms with Gasteiger partial charge in [0.1, 0.15) is 0 Å². The van der Waals surface area contributed by atoms with Crippen LogP contribution in [0.25, 0.3) is 0 Å². The number of nitrogens with one attached hydrogen (secondary N) is 1. The lowest BCUT2D eigenvalue weighted by Gasteiger charge is -2.26. The molecule has 2 aliphatic rings. The number of nitrogens with zero attached hydrogens (tertiary/aromatic N) is 2. The Hall–Kier alpha value is -1.26. The van der Waals surface area contributed by atoms with Crippen LogP contribution in [0.2, 0.25) is 5.02 Å². The van der Waals surface area contributed by atoms with Crippen LogP contribution in [0.15, 0.2) is 18.2 Å². The number of benzene rings is 1. The summed E-state index contributed by atoms with van der Waals surface area (Å²) in [5.74, 6) is 0. The van der Waals surface area contributed by atoms with Crippen LogP contribution in [0.4, 0.5) is 10.5 Å². The second kappa shape index (κ2) is 6.24. The zero-order valence-corrected chi connectivity index (χ0v) is 13.2. The molecule has 0 spiro atoms. The summed E-state index contributed by atoms with van der Waals surface area (Å²) in [6.07, 6.45) is 3.50. The van der Waals surface area contributed by atoms with Gasteiger partial charge in [0.15, 0.2) is 0 Å². The molecule has 2 fully saturated rings. The summed E-state index contributed by atoms with van der Waals surface area (Å²) in [7, 11) is 0. The standard InChI is InChI=1S/C16H22ClN3O/c1-12-5-6-14(17)15(10-12)18-16(21)20-9-3-8-19-7-2-4-13(19)11-20/h5-6,10,13H,2-4,7-9,11H2,1H3,(H,18,21). The van der Waals surface area contributed by atoms with Gasteiger partial charge in [-0.3, -0.25) is 4.90 Å². The Labute approximate surface area is 131 Å². The number of urea groups is 1. The maximum atomic E-state index is 12.5. The zero-order chi connectivity index (χ0) is 14.8. The summed E-state index contributed by atoms with van der Waals surface area (Å²) in [6, 6.07) is 6.19. The highest BCUT2D eigenvalue weighted by molar-refractivity contribution is 6.33. The molecule has 2 amide bonds. The Morgan fingerprint density at radius 3 is 2.95 bits per heavy atom. The summed E-state index contributed by atoms with van der Waals surface area (Å²) in [5, 5.41) is 3.55. The van der Waals surface area contributed by atoms with E-state index in [1.165, 1.54) is 19.4 Å². The number of carbonyl (C=O) groups excluding carboxylic acids is 1. The van der Waals surface area contributed by atoms with E-state index in [4.69, 9.17) is 11.6 Å². The Bertz CT molecular complexity index is 534. The molecular formula is C16H22ClN3O. The van der Waals surface area contributed by atoms with E-state index in [0.29, 0.717) is 16.8 Å². The molecule has 1 aromatic carbocycles. The van der Waals surface area contributed by atoms with Gasteiger partial charge in [0, 0.05) is 25.7 Å². The van der Waals surface area contributed by atoms with Gasteiger partial charge in [-0.15, -0.1) is 0 Å². The Morgan fingerprint density at radius 1 is 1.29 bits per heavy atom. The summed E-state index contributed by atoms with van der Waals surface area (Å²) >= 11 is 6.16. The highest BCUT2D eigenvalue weighted by atomic mass is 35.5. The van der Waals surface area contributed by atoms with Crippen LogP contribution in [0, 0.1) is 6.92 Å². The van der Waals surface area contributed by atoms with Gasteiger partial charge in [0.25, 0.3) is 0 Å². The monoisotopic (exact) mass is 307 g/mol. The van der Waals surface area contributed by atoms with Crippen molar-refractivity contribution in [3.05, 3.63) is 28.8 Å². The molecule has 1 N–H and O–H groups in total. The first-order valence-electron chi connectivity index (χ1n) is 7.69. The number of anilines is 1. The second-order valence-corrected chi connectivity index (χ2v) is 6.45. The highest BCUT2D eigenvalue weighted by Gasteiger charge is 2.30. The lowest BCUT2D eigenvalue weighted by molar-refractivity contribution is 0.200. The first kappa shape index (κ1) is 14.7. The Morgan fingerprint density at radius 2 is 2.10 bits per heavy atom. The SMILES string of the molecule is Cc1ccc(Cl)c(NC(=O)N2CCCN3CCCC3C2)c1. The molecule has 21 heavy (non-hydrogen) atoms. The number of rotatable bonds is 1. The average molecular weight is 308 g/mol. The molecular weight excluding hydrogens is 286 g/mol. The molecule has 2 aliphatic heterocycles. The van der Waals surface area contributed by atoms with Gasteiger partial charge >= 0.3 is 6.03 Å². The van der Waals surface area contributed by atoms with Gasteiger partial charge in [-0.25, -0.2) is 4.79 Å². The normalized spacial score (nSPS) is 22.8. The van der Waals surface area contributed by atoms with E-state index in [1.807, 2.05) is 30.0 Å². The predicted molar refractivity (Wildman–Crippen MR) is 86.0 cm³/mol. The molecule has 1 atom stereocenters. The minimum absolute atomic E-state index is 0.0312. The van der Waals surface area contributed by atoms with Crippen LogP contribution in [0.3, 0.4) is 0 Å². The summed E-state index contributed by atoms with van der Waals surface area (Å²) in [6.45, 7) is 5.94. The van der Waals surface area contributed by atoms with Gasteiger partial charge < -0.3 is 10.2 Å². The third-order valence-electron chi connectivity index (χ3n) is 4.45. The number of hydrogen-bond donors (Lipinski definition) is 1. The molecule has 2 heterocycles. The van der Waals surface area contributed by atoms with Gasteiger partial charge in [0.05, 0.1) is 10.7 Å². The third kappa shape index (κ3) is 3.33. The van der Waals surface area contributed by atoms with Crippen molar-refractivity contribution in [2.24, 2.45) is 0 Å². The van der Waals surface area contributed by atoms with Crippen LogP contribution in [0.1, 0.15) is 24.8 Å². The van der Waals surface area contributed by atoms with Gasteiger partial charge in [-0.2, -0.15) is 0 Å². The molecule has 4 nitrogen and oxygen atoms in total. The second-order valence-electron chi connectivity index (χ2n) is 6.05. The molecule has 114 valence electrons. The van der Waals surface area contributed by atoms with E-state index in [0.717, 1.165) is 31.6 Å². The molecule has 2 saturated heterocycles. The predicted octanol–water partition coefficient (Wildman–Crippen LogP) is 3.35. The van der Waals surface area contributed by atoms with Crippen molar-refractivity contribution in [2.75, 3.05) is 31.5 Å². The van der Waals surface area contributed by atoms with Crippen molar-refractivity contribution < 1.29 is 4.79 Å². The van der Waals surface area contributed by atoms with Crippen molar-refractivity contribution in [3.63, 3.8) is 0 Å². The minimum atomic E-state index is -0.0312. The summed E-state index contributed by atoms with van der Waals surface area (Å²) < 4.78 is 0. The number of aryl methyl sites for hydroxylation is 1. The zero-order valence-electron chi connectivity index (χ0n) is 12.4. The Balaban J connectivity index is 1.68. The summed E-state index contributed by atoms with van der Waals surface area (Å²) in [4.78, 5) is 17.0. The largest absolute Gasteiger partial charge is 0.323 e. The fourth-order valence-electron chi connectivity index (χ4n) is 3.32. The number of fused-ring (bicyclic) bond motifs is 1. The number of halogens is 1. The molecule has 0 aromatic heterocycles. The van der Waals surface area contributed by atoms with Crippen LogP contribution >= 0.6 is 11.6 Å². The maximum absolute atomic E-state index is 12.5.